The van der Waals surface area contributed by atoms with Gasteiger partial charge in [0, 0.05) is 17.7 Å². The first-order valence-corrected chi connectivity index (χ1v) is 8.16. The van der Waals surface area contributed by atoms with Crippen LogP contribution in [0.4, 0.5) is 0 Å². The average Bonchev–Trinajstić information content (AvgIpc) is 2.82. The van der Waals surface area contributed by atoms with Crippen LogP contribution in [0.3, 0.4) is 0 Å². The SMILES string of the molecule is CC(C)(C)NC(=O)CNC(=O)[C@H]1CS[C@]2(C)CCC(=O)N12. The summed E-state index contributed by atoms with van der Waals surface area (Å²) in [6.45, 7) is 7.59. The van der Waals surface area contributed by atoms with Gasteiger partial charge < -0.3 is 15.5 Å². The molecule has 2 atom stereocenters. The number of thioether (sulfide) groups is 1. The number of carbonyl (C=O) groups excluding carboxylic acids is 3. The molecule has 2 N–H and O–H groups in total. The van der Waals surface area contributed by atoms with E-state index in [1.807, 2.05) is 27.7 Å². The van der Waals surface area contributed by atoms with Crippen LogP contribution in [-0.2, 0) is 14.4 Å². The minimum Gasteiger partial charge on any atom is -0.350 e. The molecule has 2 saturated heterocycles. The molecular formula is C14H23N3O3S. The summed E-state index contributed by atoms with van der Waals surface area (Å²) in [5.74, 6) is 0.152. The largest absolute Gasteiger partial charge is 0.350 e. The molecule has 0 aromatic heterocycles. The van der Waals surface area contributed by atoms with Crippen LogP contribution < -0.4 is 10.6 Å². The topological polar surface area (TPSA) is 78.5 Å². The predicted molar refractivity (Wildman–Crippen MR) is 81.6 cm³/mol. The summed E-state index contributed by atoms with van der Waals surface area (Å²) in [5.41, 5.74) is -0.325. The lowest BCUT2D eigenvalue weighted by Crippen LogP contribution is -2.52. The molecule has 2 aliphatic heterocycles. The van der Waals surface area contributed by atoms with Gasteiger partial charge in [-0.05, 0) is 34.1 Å². The minimum absolute atomic E-state index is 0.0294. The first kappa shape index (κ1) is 16.1. The van der Waals surface area contributed by atoms with Crippen molar-refractivity contribution in [2.24, 2.45) is 0 Å². The maximum absolute atomic E-state index is 12.2. The first-order valence-electron chi connectivity index (χ1n) is 7.17. The van der Waals surface area contributed by atoms with Crippen molar-refractivity contribution in [2.75, 3.05) is 12.3 Å². The number of fused-ring (bicyclic) bond motifs is 1. The van der Waals surface area contributed by atoms with Gasteiger partial charge >= 0.3 is 0 Å². The summed E-state index contributed by atoms with van der Waals surface area (Å²) in [7, 11) is 0. The van der Waals surface area contributed by atoms with Crippen molar-refractivity contribution >= 4 is 29.5 Å². The van der Waals surface area contributed by atoms with Gasteiger partial charge in [0.2, 0.25) is 17.7 Å². The summed E-state index contributed by atoms with van der Waals surface area (Å²) in [6, 6.07) is -0.461. The Morgan fingerprint density at radius 1 is 1.43 bits per heavy atom. The molecule has 118 valence electrons. The second-order valence-electron chi connectivity index (χ2n) is 6.78. The third-order valence-electron chi connectivity index (χ3n) is 3.69. The molecule has 2 heterocycles. The smallest absolute Gasteiger partial charge is 0.244 e. The van der Waals surface area contributed by atoms with E-state index in [0.29, 0.717) is 12.2 Å². The van der Waals surface area contributed by atoms with E-state index in [1.54, 1.807) is 16.7 Å². The van der Waals surface area contributed by atoms with Gasteiger partial charge in [0.15, 0.2) is 0 Å². The molecule has 0 radical (unpaired) electrons. The Hall–Kier alpha value is -1.24. The van der Waals surface area contributed by atoms with Crippen LogP contribution in [0, 0.1) is 0 Å². The van der Waals surface area contributed by atoms with E-state index < -0.39 is 6.04 Å². The van der Waals surface area contributed by atoms with Gasteiger partial charge in [-0.25, -0.2) is 0 Å². The quantitative estimate of drug-likeness (QED) is 0.794. The number of rotatable bonds is 3. The Kier molecular flexibility index (Phi) is 4.24. The van der Waals surface area contributed by atoms with Gasteiger partial charge in [0.25, 0.3) is 0 Å². The van der Waals surface area contributed by atoms with Crippen LogP contribution in [-0.4, -0.2) is 51.4 Å². The summed E-state index contributed by atoms with van der Waals surface area (Å²) in [4.78, 5) is 37.4. The van der Waals surface area contributed by atoms with Crippen LogP contribution in [0.1, 0.15) is 40.5 Å². The molecular weight excluding hydrogens is 290 g/mol. The Bertz CT molecular complexity index is 475. The molecule has 6 nitrogen and oxygen atoms in total. The monoisotopic (exact) mass is 313 g/mol. The standard InChI is InChI=1S/C14H23N3O3S/c1-13(2,3)16-10(18)7-15-12(20)9-8-21-14(4)6-5-11(19)17(9)14/h9H,5-8H2,1-4H3,(H,15,20)(H,16,18)/t9-,14-/m1/s1. The fraction of sp³-hybridized carbons (Fsp3) is 0.786. The molecule has 3 amide bonds. The number of carbonyl (C=O) groups is 3. The van der Waals surface area contributed by atoms with Crippen LogP contribution in [0.5, 0.6) is 0 Å². The van der Waals surface area contributed by atoms with E-state index in [-0.39, 0.29) is 34.7 Å². The van der Waals surface area contributed by atoms with Gasteiger partial charge in [-0.2, -0.15) is 0 Å². The van der Waals surface area contributed by atoms with Crippen LogP contribution >= 0.6 is 11.8 Å². The molecule has 0 aromatic rings. The average molecular weight is 313 g/mol. The van der Waals surface area contributed by atoms with Gasteiger partial charge in [0.05, 0.1) is 11.4 Å². The zero-order chi connectivity index (χ0) is 15.8. The molecule has 0 aromatic carbocycles. The second kappa shape index (κ2) is 5.51. The van der Waals surface area contributed by atoms with E-state index in [1.165, 1.54) is 0 Å². The van der Waals surface area contributed by atoms with E-state index >= 15 is 0 Å². The van der Waals surface area contributed by atoms with Crippen LogP contribution in [0.25, 0.3) is 0 Å². The molecule has 0 unspecified atom stereocenters. The van der Waals surface area contributed by atoms with Crippen molar-refractivity contribution in [3.05, 3.63) is 0 Å². The zero-order valence-electron chi connectivity index (χ0n) is 13.0. The fourth-order valence-corrected chi connectivity index (χ4v) is 4.19. The zero-order valence-corrected chi connectivity index (χ0v) is 13.8. The molecule has 0 saturated carbocycles. The molecule has 7 heteroatoms. The molecule has 21 heavy (non-hydrogen) atoms. The maximum atomic E-state index is 12.2. The highest BCUT2D eigenvalue weighted by molar-refractivity contribution is 8.01. The van der Waals surface area contributed by atoms with Crippen LogP contribution in [0.2, 0.25) is 0 Å². The van der Waals surface area contributed by atoms with Gasteiger partial charge in [-0.1, -0.05) is 0 Å². The second-order valence-corrected chi connectivity index (χ2v) is 8.28. The Morgan fingerprint density at radius 2 is 2.10 bits per heavy atom. The van der Waals surface area contributed by atoms with E-state index in [9.17, 15) is 14.4 Å². The van der Waals surface area contributed by atoms with E-state index in [2.05, 4.69) is 10.6 Å². The number of nitrogens with one attached hydrogen (secondary N) is 2. The highest BCUT2D eigenvalue weighted by atomic mass is 32.2. The van der Waals surface area contributed by atoms with Crippen molar-refractivity contribution in [1.29, 1.82) is 0 Å². The third-order valence-corrected chi connectivity index (χ3v) is 5.19. The van der Waals surface area contributed by atoms with Crippen molar-refractivity contribution in [3.63, 3.8) is 0 Å². The molecule has 0 aliphatic carbocycles. The summed E-state index contributed by atoms with van der Waals surface area (Å²) < 4.78 is 0. The molecule has 2 aliphatic rings. The fourth-order valence-electron chi connectivity index (χ4n) is 2.76. The van der Waals surface area contributed by atoms with Gasteiger partial charge in [-0.3, -0.25) is 14.4 Å². The highest BCUT2D eigenvalue weighted by Gasteiger charge is 2.52. The van der Waals surface area contributed by atoms with Crippen LogP contribution in [0.15, 0.2) is 0 Å². The van der Waals surface area contributed by atoms with Crippen molar-refractivity contribution in [1.82, 2.24) is 15.5 Å². The predicted octanol–water partition coefficient (Wildman–Crippen LogP) is 0.471. The lowest BCUT2D eigenvalue weighted by atomic mass is 10.1. The minimum atomic E-state index is -0.461. The lowest BCUT2D eigenvalue weighted by Gasteiger charge is -2.29. The summed E-state index contributed by atoms with van der Waals surface area (Å²) in [5, 5.41) is 5.43. The van der Waals surface area contributed by atoms with Gasteiger partial charge in [0.1, 0.15) is 6.04 Å². The van der Waals surface area contributed by atoms with E-state index in [4.69, 9.17) is 0 Å². The number of hydrogen-bond donors (Lipinski definition) is 2. The highest BCUT2D eigenvalue weighted by Crippen LogP contribution is 2.47. The number of nitrogens with zero attached hydrogens (tertiary/aromatic N) is 1. The maximum Gasteiger partial charge on any atom is 0.244 e. The lowest BCUT2D eigenvalue weighted by molar-refractivity contribution is -0.138. The first-order chi connectivity index (χ1) is 9.62. The Morgan fingerprint density at radius 3 is 2.71 bits per heavy atom. The molecule has 0 bridgehead atoms. The number of hydrogen-bond acceptors (Lipinski definition) is 4. The van der Waals surface area contributed by atoms with Crippen molar-refractivity contribution in [3.8, 4) is 0 Å². The molecule has 2 fully saturated rings. The summed E-state index contributed by atoms with van der Waals surface area (Å²) in [6.07, 6.45) is 1.28. The molecule has 0 spiro atoms. The third kappa shape index (κ3) is 3.51. The van der Waals surface area contributed by atoms with Crippen molar-refractivity contribution in [2.45, 2.75) is 57.0 Å². The normalized spacial score (nSPS) is 28.5. The molecule has 2 rings (SSSR count). The van der Waals surface area contributed by atoms with E-state index in [0.717, 1.165) is 6.42 Å². The van der Waals surface area contributed by atoms with Crippen molar-refractivity contribution < 1.29 is 14.4 Å². The number of amides is 3. The summed E-state index contributed by atoms with van der Waals surface area (Å²) >= 11 is 1.64. The Labute approximate surface area is 129 Å². The Balaban J connectivity index is 1.90. The van der Waals surface area contributed by atoms with Gasteiger partial charge in [-0.15, -0.1) is 11.8 Å².